The Labute approximate surface area is 180 Å². The number of aromatic nitrogens is 2. The highest BCUT2D eigenvalue weighted by molar-refractivity contribution is 7.89. The van der Waals surface area contributed by atoms with Crippen LogP contribution < -0.4 is 0 Å². The smallest absolute Gasteiger partial charge is 0.239 e. The highest BCUT2D eigenvalue weighted by Gasteiger charge is 2.34. The van der Waals surface area contributed by atoms with E-state index in [1.54, 1.807) is 15.2 Å². The minimum absolute atomic E-state index is 0.283. The van der Waals surface area contributed by atoms with E-state index >= 15 is 0 Å². The highest BCUT2D eigenvalue weighted by Crippen LogP contribution is 2.31. The van der Waals surface area contributed by atoms with E-state index in [1.165, 1.54) is 0 Å². The van der Waals surface area contributed by atoms with Gasteiger partial charge in [0.1, 0.15) is 4.90 Å². The van der Waals surface area contributed by atoms with Crippen molar-refractivity contribution in [3.8, 4) is 5.69 Å². The first kappa shape index (κ1) is 22.2. The topological polar surface area (TPSA) is 55.2 Å². The molecule has 0 spiro atoms. The van der Waals surface area contributed by atoms with Gasteiger partial charge < -0.3 is 0 Å². The van der Waals surface area contributed by atoms with E-state index in [1.807, 2.05) is 81.4 Å². The summed E-state index contributed by atoms with van der Waals surface area (Å²) in [5, 5.41) is 4.70. The molecule has 3 rings (SSSR count). The van der Waals surface area contributed by atoms with Crippen LogP contribution in [0.5, 0.6) is 0 Å². The third-order valence-electron chi connectivity index (χ3n) is 4.99. The summed E-state index contributed by atoms with van der Waals surface area (Å²) < 4.78 is 30.9. The molecule has 0 aliphatic rings. The van der Waals surface area contributed by atoms with Gasteiger partial charge in [-0.1, -0.05) is 82.6 Å². The van der Waals surface area contributed by atoms with Crippen molar-refractivity contribution >= 4 is 10.0 Å². The Morgan fingerprint density at radius 3 is 2.13 bits per heavy atom. The number of hydrogen-bond donors (Lipinski definition) is 0. The van der Waals surface area contributed by atoms with Gasteiger partial charge in [0, 0.05) is 18.5 Å². The molecule has 5 nitrogen and oxygen atoms in total. The summed E-state index contributed by atoms with van der Waals surface area (Å²) in [6, 6.07) is 19.4. The van der Waals surface area contributed by atoms with E-state index in [0.717, 1.165) is 24.1 Å². The van der Waals surface area contributed by atoms with Crippen molar-refractivity contribution in [2.24, 2.45) is 0 Å². The van der Waals surface area contributed by atoms with Gasteiger partial charge in [0.25, 0.3) is 0 Å². The molecule has 0 saturated heterocycles. The quantitative estimate of drug-likeness (QED) is 0.501. The Balaban J connectivity index is 2.08. The number of rotatable bonds is 8. The van der Waals surface area contributed by atoms with Crippen molar-refractivity contribution in [3.05, 3.63) is 78.1 Å². The number of para-hydroxylation sites is 1. The van der Waals surface area contributed by atoms with Gasteiger partial charge in [-0.3, -0.25) is 0 Å². The van der Waals surface area contributed by atoms with E-state index in [4.69, 9.17) is 5.10 Å². The van der Waals surface area contributed by atoms with Gasteiger partial charge in [0.2, 0.25) is 10.0 Å². The molecule has 1 aromatic heterocycles. The average Bonchev–Trinajstić information content (AvgIpc) is 3.19. The zero-order valence-corrected chi connectivity index (χ0v) is 19.1. The van der Waals surface area contributed by atoms with Gasteiger partial charge in [-0.15, -0.1) is 0 Å². The summed E-state index contributed by atoms with van der Waals surface area (Å²) in [7, 11) is -3.72. The van der Waals surface area contributed by atoms with Crippen LogP contribution >= 0.6 is 0 Å². The van der Waals surface area contributed by atoms with E-state index in [0.29, 0.717) is 18.8 Å². The summed E-state index contributed by atoms with van der Waals surface area (Å²) >= 11 is 0. The highest BCUT2D eigenvalue weighted by atomic mass is 32.2. The van der Waals surface area contributed by atoms with Gasteiger partial charge in [0.05, 0.1) is 17.6 Å². The Bertz CT molecular complexity index is 1050. The number of unbranched alkanes of at least 4 members (excludes halogenated alkanes) is 1. The Morgan fingerprint density at radius 1 is 0.967 bits per heavy atom. The van der Waals surface area contributed by atoms with Gasteiger partial charge in [0.15, 0.2) is 0 Å². The van der Waals surface area contributed by atoms with Gasteiger partial charge in [-0.25, -0.2) is 13.1 Å². The maximum atomic E-state index is 13.8. The lowest BCUT2D eigenvalue weighted by atomic mass is 9.92. The summed E-state index contributed by atoms with van der Waals surface area (Å²) in [6.45, 7) is 8.89. The van der Waals surface area contributed by atoms with Crippen LogP contribution in [0.4, 0.5) is 0 Å². The molecule has 0 fully saturated rings. The molecule has 6 heteroatoms. The maximum absolute atomic E-state index is 13.8. The van der Waals surface area contributed by atoms with Crippen LogP contribution in [0.1, 0.15) is 51.8 Å². The first-order valence-corrected chi connectivity index (χ1v) is 11.9. The van der Waals surface area contributed by atoms with Crippen LogP contribution in [0.25, 0.3) is 5.69 Å². The summed E-state index contributed by atoms with van der Waals surface area (Å²) in [5.74, 6) is 0. The van der Waals surface area contributed by atoms with Crippen molar-refractivity contribution in [3.63, 3.8) is 0 Å². The Hall–Kier alpha value is -2.44. The molecule has 0 aliphatic carbocycles. The molecule has 3 aromatic rings. The van der Waals surface area contributed by atoms with Crippen molar-refractivity contribution in [2.75, 3.05) is 6.54 Å². The Kier molecular flexibility index (Phi) is 6.78. The number of nitrogens with zero attached hydrogens (tertiary/aromatic N) is 3. The lowest BCUT2D eigenvalue weighted by Gasteiger charge is -2.24. The first-order valence-electron chi connectivity index (χ1n) is 10.4. The molecule has 0 amide bonds. The minimum atomic E-state index is -3.72. The summed E-state index contributed by atoms with van der Waals surface area (Å²) in [5.41, 5.74) is 1.99. The minimum Gasteiger partial charge on any atom is -0.239 e. The van der Waals surface area contributed by atoms with E-state index < -0.39 is 15.4 Å². The lowest BCUT2D eigenvalue weighted by molar-refractivity contribution is 0.396. The number of benzene rings is 2. The lowest BCUT2D eigenvalue weighted by Crippen LogP contribution is -2.33. The summed E-state index contributed by atoms with van der Waals surface area (Å²) in [6.07, 6.45) is 3.40. The largest absolute Gasteiger partial charge is 0.246 e. The second-order valence-corrected chi connectivity index (χ2v) is 10.5. The molecule has 0 bridgehead atoms. The first-order chi connectivity index (χ1) is 14.2. The van der Waals surface area contributed by atoms with Gasteiger partial charge in [-0.05, 0) is 24.1 Å². The van der Waals surface area contributed by atoms with E-state index in [9.17, 15) is 8.42 Å². The summed E-state index contributed by atoms with van der Waals surface area (Å²) in [4.78, 5) is 0.283. The molecular weight excluding hydrogens is 394 g/mol. The fraction of sp³-hybridized carbons (Fsp3) is 0.375. The molecule has 1 heterocycles. The third-order valence-corrected chi connectivity index (χ3v) is 6.84. The second-order valence-electron chi connectivity index (χ2n) is 8.55. The zero-order chi connectivity index (χ0) is 21.8. The molecule has 160 valence electrons. The molecule has 0 aliphatic heterocycles. The predicted molar refractivity (Wildman–Crippen MR) is 121 cm³/mol. The SMILES string of the molecule is CCCCN(Cc1ccccc1)S(=O)(=O)c1cn(-c2ccccc2)nc1C(C)(C)C. The third kappa shape index (κ3) is 4.99. The second kappa shape index (κ2) is 9.14. The van der Waals surface area contributed by atoms with Gasteiger partial charge >= 0.3 is 0 Å². The van der Waals surface area contributed by atoms with E-state index in [-0.39, 0.29) is 4.90 Å². The normalized spacial score (nSPS) is 12.4. The van der Waals surface area contributed by atoms with Crippen LogP contribution in [-0.2, 0) is 22.0 Å². The molecule has 0 N–H and O–H groups in total. The van der Waals surface area contributed by atoms with Crippen LogP contribution in [-0.4, -0.2) is 29.0 Å². The Morgan fingerprint density at radius 2 is 1.57 bits per heavy atom. The van der Waals surface area contributed by atoms with E-state index in [2.05, 4.69) is 6.92 Å². The van der Waals surface area contributed by atoms with Crippen LogP contribution in [0.3, 0.4) is 0 Å². The number of hydrogen-bond acceptors (Lipinski definition) is 3. The molecule has 0 unspecified atom stereocenters. The molecule has 0 radical (unpaired) electrons. The average molecular weight is 426 g/mol. The molecule has 0 atom stereocenters. The fourth-order valence-electron chi connectivity index (χ4n) is 3.32. The van der Waals surface area contributed by atoms with Crippen molar-refractivity contribution in [2.45, 2.75) is 57.4 Å². The van der Waals surface area contributed by atoms with Crippen molar-refractivity contribution < 1.29 is 8.42 Å². The van der Waals surface area contributed by atoms with Gasteiger partial charge in [-0.2, -0.15) is 9.40 Å². The molecule has 0 saturated carbocycles. The predicted octanol–water partition coefficient (Wildman–Crippen LogP) is 5.16. The fourth-order valence-corrected chi connectivity index (χ4v) is 5.12. The number of sulfonamides is 1. The molecular formula is C24H31N3O2S. The zero-order valence-electron chi connectivity index (χ0n) is 18.2. The molecule has 30 heavy (non-hydrogen) atoms. The maximum Gasteiger partial charge on any atom is 0.246 e. The standard InChI is InChI=1S/C24H31N3O2S/c1-5-6-17-26(18-20-13-9-7-10-14-20)30(28,29)22-19-27(21-15-11-8-12-16-21)25-23(22)24(2,3)4/h7-16,19H,5-6,17-18H2,1-4H3. The monoisotopic (exact) mass is 425 g/mol. The van der Waals surface area contributed by atoms with Crippen LogP contribution in [0, 0.1) is 0 Å². The van der Waals surface area contributed by atoms with Crippen molar-refractivity contribution in [1.29, 1.82) is 0 Å². The molecule has 2 aromatic carbocycles. The van der Waals surface area contributed by atoms with Crippen LogP contribution in [0.2, 0.25) is 0 Å². The van der Waals surface area contributed by atoms with Crippen LogP contribution in [0.15, 0.2) is 71.8 Å². The van der Waals surface area contributed by atoms with Crippen molar-refractivity contribution in [1.82, 2.24) is 14.1 Å².